The molecule has 39 nitrogen and oxygen atoms in total. The molecular weight excluding hydrogens is 1310 g/mol. The SMILES string of the molecule is CC(O)(Oc1ccc(NCCO)c([N+](=O)[O-])c1)c1c(N(CCO)CCO)ccc(NCCN)c1[N+](=O)[O-].Cc1cc(N)c([N+](=O)[O-])cc1NCCO.NCCN(c1ccccc1)[N+](=O)[O-].Nc1cc([N+](=O)[O-])c(NCCO)cc1Cl.O=[N+]([O-])c1ccc(NCCO)c(NCCO)c1. The van der Waals surface area contributed by atoms with Gasteiger partial charge in [0.2, 0.25) is 5.79 Å². The van der Waals surface area contributed by atoms with Crippen molar-refractivity contribution in [2.75, 3.05) is 172 Å². The number of aliphatic hydroxyl groups is 8. The van der Waals surface area contributed by atoms with Crippen molar-refractivity contribution in [3.63, 3.8) is 0 Å². The number of nitrogens with two attached hydrogens (primary N) is 4. The van der Waals surface area contributed by atoms with Crippen molar-refractivity contribution in [1.82, 2.24) is 0 Å². The smallest absolute Gasteiger partial charge is 0.304 e. The molecule has 532 valence electrons. The van der Waals surface area contributed by atoms with Crippen LogP contribution in [0.15, 0.2) is 103 Å². The second-order valence-electron chi connectivity index (χ2n) is 19.6. The van der Waals surface area contributed by atoms with E-state index in [1.807, 2.05) is 6.07 Å². The fourth-order valence-electron chi connectivity index (χ4n) is 8.46. The Bertz CT molecular complexity index is 3490. The Balaban J connectivity index is 0.000000446. The van der Waals surface area contributed by atoms with E-state index in [1.165, 1.54) is 65.6 Å². The number of nitro benzene ring substituents is 5. The highest BCUT2D eigenvalue weighted by Crippen LogP contribution is 2.44. The van der Waals surface area contributed by atoms with Crippen molar-refractivity contribution in [1.29, 1.82) is 0 Å². The number of hydrogen-bond acceptors (Lipinski definition) is 32. The Labute approximate surface area is 558 Å². The molecule has 6 aromatic rings. The molecule has 0 radical (unpaired) electrons. The van der Waals surface area contributed by atoms with Crippen molar-refractivity contribution in [2.24, 2.45) is 11.5 Å². The van der Waals surface area contributed by atoms with Crippen LogP contribution in [0.3, 0.4) is 0 Å². The van der Waals surface area contributed by atoms with Gasteiger partial charge < -0.3 is 105 Å². The first-order chi connectivity index (χ1) is 46.2. The first kappa shape index (κ1) is 82.5. The highest BCUT2D eigenvalue weighted by molar-refractivity contribution is 6.33. The van der Waals surface area contributed by atoms with Crippen LogP contribution in [0.4, 0.5) is 85.3 Å². The Morgan fingerprint density at radius 1 is 0.495 bits per heavy atom. The minimum atomic E-state index is -2.41. The molecule has 0 heterocycles. The number of hydrazine groups is 1. The molecule has 0 saturated carbocycles. The van der Waals surface area contributed by atoms with E-state index in [4.69, 9.17) is 64.8 Å². The van der Waals surface area contributed by atoms with Gasteiger partial charge in [0.25, 0.3) is 22.7 Å². The van der Waals surface area contributed by atoms with Gasteiger partial charge in [0.1, 0.15) is 39.7 Å². The Hall–Kier alpha value is -10.6. The number of nitrogens with one attached hydrogen (secondary N) is 6. The summed E-state index contributed by atoms with van der Waals surface area (Å²) in [5.74, 6) is -2.57. The molecule has 0 aliphatic heterocycles. The minimum absolute atomic E-state index is 0.0208. The van der Waals surface area contributed by atoms with Gasteiger partial charge in [0.15, 0.2) is 5.03 Å². The van der Waals surface area contributed by atoms with Crippen molar-refractivity contribution in [2.45, 2.75) is 19.6 Å². The van der Waals surface area contributed by atoms with Crippen molar-refractivity contribution < 1.29 is 75.2 Å². The summed E-state index contributed by atoms with van der Waals surface area (Å²) in [7, 11) is 0. The van der Waals surface area contributed by atoms with Gasteiger partial charge in [-0.25, -0.2) is 10.1 Å². The third kappa shape index (κ3) is 27.0. The number of hydrogen-bond donors (Lipinski definition) is 18. The number of nitro groups is 6. The standard InChI is InChI=1S/C22H32N6O9.C10H15N3O4.C9H13N3O3.C8H10ClN3O3.C8H11N3O2/c1-22(32,37-15-2-3-16(25-8-11-29)19(14-15)27(33)34)20-18(26(9-12-30)10-13-31)5-4-17(24-7-6-23)21(20)28(35)36;14-5-3-11-9-2-1-8(13(16)17)7-10(9)12-4-6-15;1-6-4-7(10)9(12(14)15)5-8(6)11-2-3-13;9-5-3-7(11-1-2-13)8(12(14)15)4-6(5)10;9-6-7-10(11(12)13)8-4-2-1-3-5-8/h2-5,14,24-25,29-32H,6-13,23H2,1H3;1-2,7,11-12,14-15H,3-6H2;4-5,11,13H,2-3,10H2,1H3;3-4,11,13H,1-2,10H2;1-5H,6-7,9H2. The number of rotatable bonds is 35. The zero-order valence-corrected chi connectivity index (χ0v) is 53.4. The third-order valence-electron chi connectivity index (χ3n) is 12.6. The second kappa shape index (κ2) is 43.4. The number of aliphatic hydroxyl groups excluding tert-OH is 7. The lowest BCUT2D eigenvalue weighted by Gasteiger charge is -2.32. The van der Waals surface area contributed by atoms with Crippen molar-refractivity contribution >= 4 is 96.9 Å². The number of aryl methyl sites for hydroxylation is 1. The summed E-state index contributed by atoms with van der Waals surface area (Å²) in [4.78, 5) is 64.7. The molecule has 97 heavy (non-hydrogen) atoms. The highest BCUT2D eigenvalue weighted by atomic mass is 35.5. The van der Waals surface area contributed by atoms with E-state index in [1.54, 1.807) is 37.3 Å². The molecule has 0 fully saturated rings. The maximum absolute atomic E-state index is 12.2. The zero-order chi connectivity index (χ0) is 72.8. The van der Waals surface area contributed by atoms with Crippen LogP contribution in [-0.2, 0) is 5.79 Å². The van der Waals surface area contributed by atoms with E-state index in [2.05, 4.69) is 31.9 Å². The Morgan fingerprint density at radius 3 is 1.48 bits per heavy atom. The molecule has 0 bridgehead atoms. The van der Waals surface area contributed by atoms with Gasteiger partial charge in [-0.3, -0.25) is 50.6 Å². The molecular formula is C57H81ClN18O21. The maximum atomic E-state index is 12.2. The largest absolute Gasteiger partial charge is 0.458 e. The van der Waals surface area contributed by atoms with Crippen molar-refractivity contribution in [3.05, 3.63) is 180 Å². The molecule has 6 aromatic carbocycles. The minimum Gasteiger partial charge on any atom is -0.458 e. The van der Waals surface area contributed by atoms with Crippen LogP contribution >= 0.6 is 11.6 Å². The summed E-state index contributed by atoms with van der Waals surface area (Å²) >= 11 is 5.72. The molecule has 0 spiro atoms. The van der Waals surface area contributed by atoms with Gasteiger partial charge in [-0.15, -0.1) is 0 Å². The van der Waals surface area contributed by atoms with Crippen LogP contribution in [-0.4, -0.2) is 189 Å². The average Bonchev–Trinajstić information content (AvgIpc) is 0.784. The molecule has 6 rings (SSSR count). The first-order valence-electron chi connectivity index (χ1n) is 29.1. The van der Waals surface area contributed by atoms with E-state index in [0.717, 1.165) is 23.6 Å². The number of nitrogen functional groups attached to an aromatic ring is 2. The van der Waals surface area contributed by atoms with E-state index < -0.39 is 46.8 Å². The summed E-state index contributed by atoms with van der Waals surface area (Å²) in [6, 6.07) is 25.0. The van der Waals surface area contributed by atoms with Crippen LogP contribution in [0.5, 0.6) is 5.75 Å². The van der Waals surface area contributed by atoms with Crippen molar-refractivity contribution in [3.8, 4) is 5.75 Å². The zero-order valence-electron chi connectivity index (χ0n) is 52.7. The monoisotopic (exact) mass is 1390 g/mol. The molecule has 0 amide bonds. The van der Waals surface area contributed by atoms with Gasteiger partial charge in [-0.1, -0.05) is 34.8 Å². The molecule has 0 aliphatic carbocycles. The van der Waals surface area contributed by atoms with E-state index in [-0.39, 0.29) is 166 Å². The van der Waals surface area contributed by atoms with E-state index in [9.17, 15) is 76.0 Å². The molecule has 40 heteroatoms. The molecule has 1 unspecified atom stereocenters. The second-order valence-corrected chi connectivity index (χ2v) is 20.0. The number of nitrogens with zero attached hydrogens (tertiary/aromatic N) is 8. The summed E-state index contributed by atoms with van der Waals surface area (Å²) in [6.07, 6.45) is 0. The van der Waals surface area contributed by atoms with Gasteiger partial charge >= 0.3 is 5.69 Å². The number of ether oxygens (including phenoxy) is 1. The summed E-state index contributed by atoms with van der Waals surface area (Å²) in [6.45, 7) is 3.79. The predicted octanol–water partition coefficient (Wildman–Crippen LogP) is 3.48. The number of halogens is 1. The Morgan fingerprint density at radius 2 is 0.990 bits per heavy atom. The quantitative estimate of drug-likeness (QED) is 0.0117. The maximum Gasteiger partial charge on any atom is 0.304 e. The van der Waals surface area contributed by atoms with Crippen LogP contribution in [0.25, 0.3) is 0 Å². The van der Waals surface area contributed by atoms with Crippen LogP contribution < -0.4 is 69.5 Å². The summed E-state index contributed by atoms with van der Waals surface area (Å²) in [5.41, 5.74) is 24.1. The first-order valence-corrected chi connectivity index (χ1v) is 29.4. The van der Waals surface area contributed by atoms with Crippen LogP contribution in [0.2, 0.25) is 5.02 Å². The molecule has 0 aromatic heterocycles. The lowest BCUT2D eigenvalue weighted by molar-refractivity contribution is -0.494. The van der Waals surface area contributed by atoms with Gasteiger partial charge in [-0.05, 0) is 67.1 Å². The van der Waals surface area contributed by atoms with Crippen LogP contribution in [0.1, 0.15) is 18.1 Å². The molecule has 0 saturated heterocycles. The Kier molecular flexibility index (Phi) is 36.9. The van der Waals surface area contributed by atoms with E-state index >= 15 is 0 Å². The average molecular weight is 1390 g/mol. The summed E-state index contributed by atoms with van der Waals surface area (Å²) < 4.78 is 5.70. The number of benzene rings is 6. The normalized spacial score (nSPS) is 10.9. The fourth-order valence-corrected chi connectivity index (χ4v) is 8.62. The van der Waals surface area contributed by atoms with E-state index in [0.29, 0.717) is 42.4 Å². The van der Waals surface area contributed by atoms with Gasteiger partial charge in [-0.2, -0.15) is 0 Å². The van der Waals surface area contributed by atoms with Crippen LogP contribution in [0, 0.1) is 67.6 Å². The number of para-hydroxylation sites is 1. The number of non-ortho nitro benzene ring substituents is 1. The molecule has 0 aliphatic rings. The summed E-state index contributed by atoms with van der Waals surface area (Å²) in [5, 5.41) is 158. The topological polar surface area (TPSA) is 613 Å². The molecule has 1 atom stereocenters. The van der Waals surface area contributed by atoms with Gasteiger partial charge in [0, 0.05) is 102 Å². The lowest BCUT2D eigenvalue weighted by atomic mass is 9.99. The lowest BCUT2D eigenvalue weighted by Crippen LogP contribution is -2.36. The fraction of sp³-hybridized carbons (Fsp3) is 0.368. The molecule has 22 N–H and O–H groups in total. The highest BCUT2D eigenvalue weighted by Gasteiger charge is 2.40. The predicted molar refractivity (Wildman–Crippen MR) is 366 cm³/mol. The third-order valence-corrected chi connectivity index (χ3v) is 13.0. The van der Waals surface area contributed by atoms with Gasteiger partial charge in [0.05, 0.1) is 111 Å². The number of anilines is 10.